The third-order valence-corrected chi connectivity index (χ3v) is 4.45. The molecule has 0 atom stereocenters. The van der Waals surface area contributed by atoms with Gasteiger partial charge in [-0.05, 0) is 30.5 Å². The van der Waals surface area contributed by atoms with E-state index in [1.165, 1.54) is 31.0 Å². The highest BCUT2D eigenvalue weighted by atomic mass is 35.5. The van der Waals surface area contributed by atoms with E-state index < -0.39 is 23.4 Å². The lowest BCUT2D eigenvalue weighted by Crippen LogP contribution is -2.21. The van der Waals surface area contributed by atoms with E-state index in [2.05, 4.69) is 5.32 Å². The number of halogens is 1. The minimum atomic E-state index is -0.753. The fourth-order valence-electron chi connectivity index (χ4n) is 2.09. The molecule has 27 heavy (non-hydrogen) atoms. The number of methoxy groups -OCH3 is 1. The van der Waals surface area contributed by atoms with Gasteiger partial charge in [-0.3, -0.25) is 14.9 Å². The second-order valence-corrected chi connectivity index (χ2v) is 6.40. The highest BCUT2D eigenvalue weighted by Crippen LogP contribution is 2.29. The third-order valence-electron chi connectivity index (χ3n) is 3.40. The van der Waals surface area contributed by atoms with Crippen molar-refractivity contribution in [1.82, 2.24) is 0 Å². The molecule has 2 aromatic carbocycles. The summed E-state index contributed by atoms with van der Waals surface area (Å²) in [4.78, 5) is 35.3. The van der Waals surface area contributed by atoms with Crippen LogP contribution in [0.1, 0.15) is 10.4 Å². The monoisotopic (exact) mass is 410 g/mol. The van der Waals surface area contributed by atoms with Crippen LogP contribution in [0.2, 0.25) is 5.02 Å². The van der Waals surface area contributed by atoms with Crippen molar-refractivity contribution in [3.63, 3.8) is 0 Å². The van der Waals surface area contributed by atoms with Crippen molar-refractivity contribution >= 4 is 46.6 Å². The Labute approximate surface area is 163 Å². The molecule has 10 heteroatoms. The molecule has 0 fully saturated rings. The number of nitrogens with zero attached hydrogens (tertiary/aromatic N) is 1. The first-order valence-corrected chi connectivity index (χ1v) is 9.09. The van der Waals surface area contributed by atoms with Gasteiger partial charge in [-0.15, -0.1) is 11.8 Å². The number of benzene rings is 2. The van der Waals surface area contributed by atoms with Gasteiger partial charge in [0.25, 0.3) is 11.6 Å². The molecule has 0 aliphatic carbocycles. The largest absolute Gasteiger partial charge is 0.495 e. The summed E-state index contributed by atoms with van der Waals surface area (Å²) in [5, 5.41) is 13.5. The summed E-state index contributed by atoms with van der Waals surface area (Å²) in [5.74, 6) is -1.20. The van der Waals surface area contributed by atoms with Crippen molar-refractivity contribution in [2.24, 2.45) is 0 Å². The molecule has 0 spiro atoms. The summed E-state index contributed by atoms with van der Waals surface area (Å²) in [5.41, 5.74) is 0.0168. The molecule has 2 rings (SSSR count). The van der Waals surface area contributed by atoms with Crippen molar-refractivity contribution in [3.05, 3.63) is 57.1 Å². The molecular weight excluding hydrogens is 396 g/mol. The van der Waals surface area contributed by atoms with Crippen molar-refractivity contribution in [2.45, 2.75) is 4.90 Å². The number of nitro groups is 1. The third kappa shape index (κ3) is 5.35. The number of non-ortho nitro benzene ring substituents is 1. The van der Waals surface area contributed by atoms with Crippen LogP contribution in [0.15, 0.2) is 41.3 Å². The Morgan fingerprint density at radius 3 is 2.63 bits per heavy atom. The summed E-state index contributed by atoms with van der Waals surface area (Å²) in [7, 11) is 1.36. The van der Waals surface area contributed by atoms with E-state index in [0.717, 1.165) is 11.0 Å². The van der Waals surface area contributed by atoms with Gasteiger partial charge >= 0.3 is 5.97 Å². The lowest BCUT2D eigenvalue weighted by molar-refractivity contribution is -0.384. The summed E-state index contributed by atoms with van der Waals surface area (Å²) in [6.07, 6.45) is 1.85. The first kappa shape index (κ1) is 20.5. The number of carbonyl (C=O) groups excluding carboxylic acids is 2. The molecular formula is C17H15ClN2O6S. The Morgan fingerprint density at radius 1 is 1.26 bits per heavy atom. The van der Waals surface area contributed by atoms with Gasteiger partial charge in [0.05, 0.1) is 28.3 Å². The number of ether oxygens (including phenoxy) is 2. The van der Waals surface area contributed by atoms with Crippen molar-refractivity contribution in [1.29, 1.82) is 0 Å². The number of hydrogen-bond acceptors (Lipinski definition) is 7. The number of anilines is 1. The fraction of sp³-hybridized carbons (Fsp3) is 0.176. The second-order valence-electron chi connectivity index (χ2n) is 5.11. The number of hydrogen-bond donors (Lipinski definition) is 1. The number of amides is 1. The zero-order valence-electron chi connectivity index (χ0n) is 14.4. The maximum atomic E-state index is 12.1. The summed E-state index contributed by atoms with van der Waals surface area (Å²) >= 11 is 7.42. The standard InChI is InChI=1S/C17H15ClN2O6S/c1-25-15-6-3-10(20(23)24)7-14(15)19-16(21)9-26-17(22)12-8-11(27-2)4-5-13(12)18/h3-8H,9H2,1-2H3,(H,19,21). The Kier molecular flexibility index (Phi) is 7.03. The number of rotatable bonds is 7. The maximum absolute atomic E-state index is 12.1. The number of thioether (sulfide) groups is 1. The molecule has 0 heterocycles. The van der Waals surface area contributed by atoms with E-state index >= 15 is 0 Å². The van der Waals surface area contributed by atoms with E-state index in [-0.39, 0.29) is 27.7 Å². The van der Waals surface area contributed by atoms with Crippen LogP contribution in [0, 0.1) is 10.1 Å². The average molecular weight is 411 g/mol. The van der Waals surface area contributed by atoms with Crippen LogP contribution in [0.4, 0.5) is 11.4 Å². The highest BCUT2D eigenvalue weighted by molar-refractivity contribution is 7.98. The van der Waals surface area contributed by atoms with Crippen molar-refractivity contribution in [2.75, 3.05) is 25.3 Å². The van der Waals surface area contributed by atoms with Crippen LogP contribution in [-0.4, -0.2) is 36.8 Å². The molecule has 8 nitrogen and oxygen atoms in total. The summed E-state index contributed by atoms with van der Waals surface area (Å²) < 4.78 is 10.0. The Balaban J connectivity index is 2.05. The van der Waals surface area contributed by atoms with Crippen LogP contribution in [0.3, 0.4) is 0 Å². The zero-order valence-corrected chi connectivity index (χ0v) is 15.9. The van der Waals surface area contributed by atoms with Crippen LogP contribution < -0.4 is 10.1 Å². The number of nitrogens with one attached hydrogen (secondary N) is 1. The molecule has 0 saturated carbocycles. The predicted molar refractivity (Wildman–Crippen MR) is 102 cm³/mol. The Bertz CT molecular complexity index is 890. The van der Waals surface area contributed by atoms with Crippen LogP contribution >= 0.6 is 23.4 Å². The molecule has 0 aliphatic heterocycles. The Hall–Kier alpha value is -2.78. The van der Waals surface area contributed by atoms with Gasteiger partial charge < -0.3 is 14.8 Å². The van der Waals surface area contributed by atoms with Gasteiger partial charge in [0.15, 0.2) is 6.61 Å². The number of esters is 1. The molecule has 0 aromatic heterocycles. The van der Waals surface area contributed by atoms with E-state index in [1.54, 1.807) is 18.2 Å². The van der Waals surface area contributed by atoms with Crippen LogP contribution in [0.25, 0.3) is 0 Å². The minimum absolute atomic E-state index is 0.0927. The topological polar surface area (TPSA) is 108 Å². The first-order chi connectivity index (χ1) is 12.8. The normalized spacial score (nSPS) is 10.2. The molecule has 0 saturated heterocycles. The minimum Gasteiger partial charge on any atom is -0.495 e. The van der Waals surface area contributed by atoms with Gasteiger partial charge in [0.2, 0.25) is 0 Å². The maximum Gasteiger partial charge on any atom is 0.340 e. The molecule has 0 aliphatic rings. The predicted octanol–water partition coefficient (Wildman–Crippen LogP) is 3.77. The average Bonchev–Trinajstić information content (AvgIpc) is 2.66. The zero-order chi connectivity index (χ0) is 20.0. The van der Waals surface area contributed by atoms with E-state index in [1.807, 2.05) is 6.26 Å². The lowest BCUT2D eigenvalue weighted by atomic mass is 10.2. The quantitative estimate of drug-likeness (QED) is 0.320. The SMILES string of the molecule is COc1ccc([N+](=O)[O-])cc1NC(=O)COC(=O)c1cc(SC)ccc1Cl. The summed E-state index contributed by atoms with van der Waals surface area (Å²) in [6, 6.07) is 8.64. The van der Waals surface area contributed by atoms with Gasteiger partial charge in [-0.1, -0.05) is 11.6 Å². The van der Waals surface area contributed by atoms with Gasteiger partial charge in [-0.25, -0.2) is 4.79 Å². The number of carbonyl (C=O) groups is 2. The molecule has 1 amide bonds. The first-order valence-electron chi connectivity index (χ1n) is 7.48. The van der Waals surface area contributed by atoms with Crippen molar-refractivity contribution < 1.29 is 24.0 Å². The van der Waals surface area contributed by atoms with Crippen LogP contribution in [0.5, 0.6) is 5.75 Å². The molecule has 0 bridgehead atoms. The van der Waals surface area contributed by atoms with Gasteiger partial charge in [0.1, 0.15) is 5.75 Å². The molecule has 0 radical (unpaired) electrons. The van der Waals surface area contributed by atoms with Crippen molar-refractivity contribution in [3.8, 4) is 5.75 Å². The van der Waals surface area contributed by atoms with E-state index in [9.17, 15) is 19.7 Å². The molecule has 1 N–H and O–H groups in total. The smallest absolute Gasteiger partial charge is 0.340 e. The second kappa shape index (κ2) is 9.24. The van der Waals surface area contributed by atoms with Gasteiger partial charge in [-0.2, -0.15) is 0 Å². The van der Waals surface area contributed by atoms with E-state index in [0.29, 0.717) is 0 Å². The lowest BCUT2D eigenvalue weighted by Gasteiger charge is -2.11. The molecule has 0 unspecified atom stereocenters. The molecule has 2 aromatic rings. The highest BCUT2D eigenvalue weighted by Gasteiger charge is 2.17. The van der Waals surface area contributed by atoms with E-state index in [4.69, 9.17) is 21.1 Å². The fourth-order valence-corrected chi connectivity index (χ4v) is 2.72. The summed E-state index contributed by atoms with van der Waals surface area (Å²) in [6.45, 7) is -0.593. The Morgan fingerprint density at radius 2 is 2.00 bits per heavy atom. The number of nitro benzene ring substituents is 1. The van der Waals surface area contributed by atoms with Crippen LogP contribution in [-0.2, 0) is 9.53 Å². The molecule has 142 valence electrons. The van der Waals surface area contributed by atoms with Gasteiger partial charge in [0, 0.05) is 17.0 Å².